The van der Waals surface area contributed by atoms with Crippen molar-refractivity contribution in [1.82, 2.24) is 4.98 Å². The van der Waals surface area contributed by atoms with Crippen LogP contribution in [0.1, 0.15) is 58.6 Å². The Labute approximate surface area is 127 Å². The molecule has 0 amide bonds. The van der Waals surface area contributed by atoms with Gasteiger partial charge in [-0.1, -0.05) is 38.5 Å². The molecule has 0 bridgehead atoms. The fourth-order valence-electron chi connectivity index (χ4n) is 2.57. The third-order valence-corrected chi connectivity index (χ3v) is 3.69. The summed E-state index contributed by atoms with van der Waals surface area (Å²) in [5, 5.41) is 11.3. The standard InChI is InChI=1S/C18H25NO2/c1-5-11-18(3,4)21-17-14(16(20)6-2)12-13-9-7-8-10-15(13)19-17/h7-10,12,16,20H,5-6,11H2,1-4H3. The van der Waals surface area contributed by atoms with Gasteiger partial charge in [0.05, 0.1) is 11.6 Å². The maximum atomic E-state index is 10.3. The lowest BCUT2D eigenvalue weighted by molar-refractivity contribution is 0.0845. The summed E-state index contributed by atoms with van der Waals surface area (Å²) in [6, 6.07) is 9.92. The van der Waals surface area contributed by atoms with Crippen molar-refractivity contribution in [1.29, 1.82) is 0 Å². The summed E-state index contributed by atoms with van der Waals surface area (Å²) in [5.41, 5.74) is 1.39. The van der Waals surface area contributed by atoms with Crippen LogP contribution in [0, 0.1) is 0 Å². The Morgan fingerprint density at radius 3 is 2.62 bits per heavy atom. The van der Waals surface area contributed by atoms with E-state index in [-0.39, 0.29) is 5.60 Å². The number of aliphatic hydroxyl groups is 1. The summed E-state index contributed by atoms with van der Waals surface area (Å²) in [4.78, 5) is 4.63. The number of nitrogens with zero attached hydrogens (tertiary/aromatic N) is 1. The van der Waals surface area contributed by atoms with E-state index in [9.17, 15) is 5.11 Å². The van der Waals surface area contributed by atoms with Gasteiger partial charge in [-0.2, -0.15) is 0 Å². The van der Waals surface area contributed by atoms with Crippen LogP contribution in [0.5, 0.6) is 5.88 Å². The van der Waals surface area contributed by atoms with E-state index in [1.807, 2.05) is 37.3 Å². The number of benzene rings is 1. The predicted octanol–water partition coefficient (Wildman–Crippen LogP) is 4.64. The van der Waals surface area contributed by atoms with Crippen molar-refractivity contribution in [3.63, 3.8) is 0 Å². The Balaban J connectivity index is 2.48. The lowest BCUT2D eigenvalue weighted by Gasteiger charge is -2.27. The molecule has 2 rings (SSSR count). The van der Waals surface area contributed by atoms with Crippen LogP contribution in [0.15, 0.2) is 30.3 Å². The average molecular weight is 287 g/mol. The van der Waals surface area contributed by atoms with Gasteiger partial charge in [-0.25, -0.2) is 4.98 Å². The molecule has 2 aromatic rings. The molecular formula is C18H25NO2. The number of aromatic nitrogens is 1. The number of hydrogen-bond acceptors (Lipinski definition) is 3. The van der Waals surface area contributed by atoms with Gasteiger partial charge < -0.3 is 9.84 Å². The first-order valence-electron chi connectivity index (χ1n) is 7.73. The summed E-state index contributed by atoms with van der Waals surface area (Å²) >= 11 is 0. The molecule has 0 saturated heterocycles. The van der Waals surface area contributed by atoms with Crippen molar-refractivity contribution in [2.24, 2.45) is 0 Å². The van der Waals surface area contributed by atoms with Gasteiger partial charge in [-0.3, -0.25) is 0 Å². The maximum Gasteiger partial charge on any atom is 0.220 e. The number of rotatable bonds is 6. The van der Waals surface area contributed by atoms with Crippen LogP contribution in [0.25, 0.3) is 10.9 Å². The average Bonchev–Trinajstić information content (AvgIpc) is 2.45. The number of fused-ring (bicyclic) bond motifs is 1. The zero-order valence-electron chi connectivity index (χ0n) is 13.4. The van der Waals surface area contributed by atoms with E-state index in [1.165, 1.54) is 0 Å². The summed E-state index contributed by atoms with van der Waals surface area (Å²) in [5.74, 6) is 0.557. The highest BCUT2D eigenvalue weighted by molar-refractivity contribution is 5.80. The molecule has 1 N–H and O–H groups in total. The van der Waals surface area contributed by atoms with E-state index in [0.29, 0.717) is 12.3 Å². The quantitative estimate of drug-likeness (QED) is 0.842. The van der Waals surface area contributed by atoms with Gasteiger partial charge >= 0.3 is 0 Å². The molecule has 114 valence electrons. The van der Waals surface area contributed by atoms with Crippen LogP contribution in [0.3, 0.4) is 0 Å². The molecule has 0 radical (unpaired) electrons. The summed E-state index contributed by atoms with van der Waals surface area (Å²) in [6.45, 7) is 8.23. The first-order valence-corrected chi connectivity index (χ1v) is 7.73. The number of ether oxygens (including phenoxy) is 1. The fraction of sp³-hybridized carbons (Fsp3) is 0.500. The smallest absolute Gasteiger partial charge is 0.220 e. The molecule has 1 heterocycles. The molecule has 0 saturated carbocycles. The van der Waals surface area contributed by atoms with Crippen molar-refractivity contribution in [3.8, 4) is 5.88 Å². The van der Waals surface area contributed by atoms with Gasteiger partial charge in [0.15, 0.2) is 0 Å². The molecule has 0 fully saturated rings. The van der Waals surface area contributed by atoms with Crippen molar-refractivity contribution in [2.75, 3.05) is 0 Å². The third-order valence-electron chi connectivity index (χ3n) is 3.69. The molecule has 3 nitrogen and oxygen atoms in total. The van der Waals surface area contributed by atoms with Crippen LogP contribution >= 0.6 is 0 Å². The van der Waals surface area contributed by atoms with Crippen molar-refractivity contribution in [2.45, 2.75) is 58.7 Å². The summed E-state index contributed by atoms with van der Waals surface area (Å²) in [7, 11) is 0. The summed E-state index contributed by atoms with van der Waals surface area (Å²) in [6.07, 6.45) is 2.09. The molecule has 0 aliphatic carbocycles. The van der Waals surface area contributed by atoms with Crippen LogP contribution in [-0.2, 0) is 0 Å². The highest BCUT2D eigenvalue weighted by atomic mass is 16.5. The largest absolute Gasteiger partial charge is 0.471 e. The highest BCUT2D eigenvalue weighted by Gasteiger charge is 2.23. The van der Waals surface area contributed by atoms with Gasteiger partial charge in [0.2, 0.25) is 5.88 Å². The molecule has 0 aliphatic heterocycles. The first kappa shape index (κ1) is 15.8. The third kappa shape index (κ3) is 3.73. The number of aliphatic hydroxyl groups excluding tert-OH is 1. The highest BCUT2D eigenvalue weighted by Crippen LogP contribution is 2.32. The van der Waals surface area contributed by atoms with Crippen LogP contribution < -0.4 is 4.74 Å². The minimum Gasteiger partial charge on any atom is -0.471 e. The van der Waals surface area contributed by atoms with Crippen LogP contribution in [-0.4, -0.2) is 15.7 Å². The Morgan fingerprint density at radius 2 is 1.95 bits per heavy atom. The second-order valence-corrected chi connectivity index (χ2v) is 6.11. The molecule has 0 spiro atoms. The van der Waals surface area contributed by atoms with Crippen molar-refractivity contribution in [3.05, 3.63) is 35.9 Å². The van der Waals surface area contributed by atoms with Crippen LogP contribution in [0.4, 0.5) is 0 Å². The zero-order valence-corrected chi connectivity index (χ0v) is 13.4. The van der Waals surface area contributed by atoms with E-state index < -0.39 is 6.10 Å². The van der Waals surface area contributed by atoms with E-state index >= 15 is 0 Å². The van der Waals surface area contributed by atoms with E-state index in [0.717, 1.165) is 29.3 Å². The first-order chi connectivity index (χ1) is 9.96. The maximum absolute atomic E-state index is 10.3. The van der Waals surface area contributed by atoms with E-state index in [2.05, 4.69) is 25.8 Å². The van der Waals surface area contributed by atoms with Gasteiger partial charge in [-0.05, 0) is 38.8 Å². The fourth-order valence-corrected chi connectivity index (χ4v) is 2.57. The SMILES string of the molecule is CCCC(C)(C)Oc1nc2ccccc2cc1C(O)CC. The minimum absolute atomic E-state index is 0.285. The number of hydrogen-bond donors (Lipinski definition) is 1. The Hall–Kier alpha value is -1.61. The van der Waals surface area contributed by atoms with Gasteiger partial charge in [0, 0.05) is 10.9 Å². The molecule has 21 heavy (non-hydrogen) atoms. The Bertz CT molecular complexity index is 607. The minimum atomic E-state index is -0.547. The molecule has 1 aromatic heterocycles. The predicted molar refractivity (Wildman–Crippen MR) is 86.6 cm³/mol. The Kier molecular flexibility index (Phi) is 4.84. The molecular weight excluding hydrogens is 262 g/mol. The normalized spacial score (nSPS) is 13.4. The molecule has 1 unspecified atom stereocenters. The number of para-hydroxylation sites is 1. The van der Waals surface area contributed by atoms with Crippen molar-refractivity contribution >= 4 is 10.9 Å². The van der Waals surface area contributed by atoms with Gasteiger partial charge in [-0.15, -0.1) is 0 Å². The number of pyridine rings is 1. The molecule has 0 aliphatic rings. The molecule has 1 aromatic carbocycles. The van der Waals surface area contributed by atoms with E-state index in [1.54, 1.807) is 0 Å². The van der Waals surface area contributed by atoms with Gasteiger partial charge in [0.25, 0.3) is 0 Å². The zero-order chi connectivity index (χ0) is 15.5. The second-order valence-electron chi connectivity index (χ2n) is 6.11. The Morgan fingerprint density at radius 1 is 1.24 bits per heavy atom. The monoisotopic (exact) mass is 287 g/mol. The topological polar surface area (TPSA) is 42.4 Å². The lowest BCUT2D eigenvalue weighted by Crippen LogP contribution is -2.29. The van der Waals surface area contributed by atoms with Crippen molar-refractivity contribution < 1.29 is 9.84 Å². The molecule has 1 atom stereocenters. The van der Waals surface area contributed by atoms with E-state index in [4.69, 9.17) is 4.74 Å². The van der Waals surface area contributed by atoms with Crippen LogP contribution in [0.2, 0.25) is 0 Å². The second kappa shape index (κ2) is 6.44. The lowest BCUT2D eigenvalue weighted by atomic mass is 10.0. The van der Waals surface area contributed by atoms with Gasteiger partial charge in [0.1, 0.15) is 5.60 Å². The summed E-state index contributed by atoms with van der Waals surface area (Å²) < 4.78 is 6.13. The molecule has 3 heteroatoms.